The number of rotatable bonds is 1. The second-order valence-corrected chi connectivity index (χ2v) is 4.01. The Balaban J connectivity index is 2.70. The molecule has 1 heterocycles. The highest BCUT2D eigenvalue weighted by molar-refractivity contribution is 7.77. The van der Waals surface area contributed by atoms with E-state index in [1.165, 1.54) is 4.90 Å². The molecule has 1 aliphatic rings. The topological polar surface area (TPSA) is 47.3 Å². The van der Waals surface area contributed by atoms with Crippen molar-refractivity contribution in [2.45, 2.75) is 0 Å². The smallest absolute Gasteiger partial charge is 0.227 e. The summed E-state index contributed by atoms with van der Waals surface area (Å²) >= 11 is 4.14. The summed E-state index contributed by atoms with van der Waals surface area (Å²) in [5.74, 6) is -0.409. The van der Waals surface area contributed by atoms with E-state index in [4.69, 9.17) is 5.26 Å². The van der Waals surface area contributed by atoms with Gasteiger partial charge in [-0.2, -0.15) is 5.26 Å². The summed E-state index contributed by atoms with van der Waals surface area (Å²) < 4.78 is 1.72. The van der Waals surface area contributed by atoms with Crippen LogP contribution in [0, 0.1) is 23.2 Å². The van der Waals surface area contributed by atoms with Crippen molar-refractivity contribution in [3.63, 3.8) is 0 Å². The Morgan fingerprint density at radius 1 is 1.62 bits per heavy atom. The number of nitriles is 1. The minimum Gasteiger partial charge on any atom is -0.348 e. The average Bonchev–Trinajstić information content (AvgIpc) is 2.45. The van der Waals surface area contributed by atoms with Crippen LogP contribution in [0.4, 0.5) is 0 Å². The second kappa shape index (κ2) is 3.99. The molecule has 4 nitrogen and oxygen atoms in total. The average molecular weight is 199 g/mol. The highest BCUT2D eigenvalue weighted by Gasteiger charge is 2.37. The molecule has 0 radical (unpaired) electrons. The number of nitrogens with zero attached hydrogens (tertiary/aromatic N) is 3. The van der Waals surface area contributed by atoms with Gasteiger partial charge in [-0.1, -0.05) is 12.8 Å². The summed E-state index contributed by atoms with van der Waals surface area (Å²) in [5, 5.41) is 8.80. The summed E-state index contributed by atoms with van der Waals surface area (Å²) in [6.07, 6.45) is 0. The largest absolute Gasteiger partial charge is 0.348 e. The predicted octanol–water partition coefficient (Wildman–Crippen LogP) is -0.00902. The molecular weight excluding hydrogens is 186 g/mol. The fourth-order valence-electron chi connectivity index (χ4n) is 1.50. The lowest BCUT2D eigenvalue weighted by molar-refractivity contribution is -0.133. The van der Waals surface area contributed by atoms with E-state index in [-0.39, 0.29) is 17.7 Å². The highest BCUT2D eigenvalue weighted by Crippen LogP contribution is 2.25. The van der Waals surface area contributed by atoms with Crippen LogP contribution in [0.3, 0.4) is 0 Å². The maximum Gasteiger partial charge on any atom is 0.227 e. The van der Waals surface area contributed by atoms with Crippen molar-refractivity contribution in [3.8, 4) is 6.07 Å². The van der Waals surface area contributed by atoms with Crippen molar-refractivity contribution in [3.05, 3.63) is 0 Å². The maximum absolute atomic E-state index is 11.6. The van der Waals surface area contributed by atoms with Gasteiger partial charge in [0.05, 0.1) is 17.9 Å². The number of amides is 1. The van der Waals surface area contributed by atoms with Crippen molar-refractivity contribution in [2.75, 3.05) is 27.2 Å². The quantitative estimate of drug-likeness (QED) is 0.604. The monoisotopic (exact) mass is 199 g/mol. The summed E-state index contributed by atoms with van der Waals surface area (Å²) in [6.45, 7) is 1.14. The normalized spacial score (nSPS) is 28.5. The standard InChI is InChI=1S/C8H13N3OS/c1-10(2)8(12)7-5-11(13)4-6(7)3-9/h6-7,13H,4-5H2,1-2H3. The van der Waals surface area contributed by atoms with Crippen LogP contribution in [0.2, 0.25) is 0 Å². The molecule has 1 aliphatic heterocycles. The Bertz CT molecular complexity index is 248. The Hall–Kier alpha value is -0.730. The van der Waals surface area contributed by atoms with Crippen LogP contribution in [0.5, 0.6) is 0 Å². The molecule has 0 aromatic rings. The molecular formula is C8H13N3OS. The van der Waals surface area contributed by atoms with Crippen molar-refractivity contribution in [1.29, 1.82) is 5.26 Å². The number of carbonyl (C=O) groups is 1. The number of carbonyl (C=O) groups excluding carboxylic acids is 1. The van der Waals surface area contributed by atoms with Crippen molar-refractivity contribution in [1.82, 2.24) is 9.21 Å². The molecule has 0 N–H and O–H groups in total. The van der Waals surface area contributed by atoms with E-state index in [1.54, 1.807) is 18.4 Å². The second-order valence-electron chi connectivity index (χ2n) is 3.45. The Kier molecular flexibility index (Phi) is 3.17. The Morgan fingerprint density at radius 2 is 2.23 bits per heavy atom. The zero-order chi connectivity index (χ0) is 10.0. The Morgan fingerprint density at radius 3 is 2.69 bits per heavy atom. The summed E-state index contributed by atoms with van der Waals surface area (Å²) in [7, 11) is 3.41. The van der Waals surface area contributed by atoms with Crippen LogP contribution in [0.25, 0.3) is 0 Å². The lowest BCUT2D eigenvalue weighted by Gasteiger charge is -2.17. The summed E-state index contributed by atoms with van der Waals surface area (Å²) in [4.78, 5) is 13.1. The minimum absolute atomic E-state index is 0.0168. The van der Waals surface area contributed by atoms with E-state index in [2.05, 4.69) is 18.9 Å². The van der Waals surface area contributed by atoms with Crippen LogP contribution in [-0.4, -0.2) is 42.3 Å². The van der Waals surface area contributed by atoms with Gasteiger partial charge in [0, 0.05) is 27.2 Å². The predicted molar refractivity (Wildman–Crippen MR) is 51.8 cm³/mol. The third-order valence-corrected chi connectivity index (χ3v) is 2.55. The van der Waals surface area contributed by atoms with Crippen LogP contribution in [-0.2, 0) is 4.79 Å². The van der Waals surface area contributed by atoms with Gasteiger partial charge in [-0.25, -0.2) is 0 Å². The molecule has 2 atom stereocenters. The third-order valence-electron chi connectivity index (χ3n) is 2.22. The lowest BCUT2D eigenvalue weighted by Crippen LogP contribution is -2.33. The molecule has 0 spiro atoms. The van der Waals surface area contributed by atoms with Crippen molar-refractivity contribution < 1.29 is 4.79 Å². The maximum atomic E-state index is 11.6. The van der Waals surface area contributed by atoms with Gasteiger partial charge in [0.15, 0.2) is 0 Å². The molecule has 0 bridgehead atoms. The van der Waals surface area contributed by atoms with Gasteiger partial charge in [0.2, 0.25) is 5.91 Å². The fourth-order valence-corrected chi connectivity index (χ4v) is 1.85. The molecule has 5 heteroatoms. The van der Waals surface area contributed by atoms with E-state index in [0.717, 1.165) is 0 Å². The first kappa shape index (κ1) is 10.4. The van der Waals surface area contributed by atoms with Gasteiger partial charge in [-0.05, 0) is 0 Å². The van der Waals surface area contributed by atoms with E-state index < -0.39 is 0 Å². The van der Waals surface area contributed by atoms with Gasteiger partial charge >= 0.3 is 0 Å². The van der Waals surface area contributed by atoms with Crippen LogP contribution in [0.1, 0.15) is 0 Å². The highest BCUT2D eigenvalue weighted by atomic mass is 32.1. The molecule has 1 rings (SSSR count). The molecule has 1 saturated heterocycles. The van der Waals surface area contributed by atoms with E-state index in [0.29, 0.717) is 13.1 Å². The van der Waals surface area contributed by atoms with Gasteiger partial charge in [0.1, 0.15) is 0 Å². The van der Waals surface area contributed by atoms with E-state index in [9.17, 15) is 4.79 Å². The van der Waals surface area contributed by atoms with Crippen LogP contribution < -0.4 is 0 Å². The van der Waals surface area contributed by atoms with Crippen molar-refractivity contribution in [2.24, 2.45) is 11.8 Å². The van der Waals surface area contributed by atoms with Crippen molar-refractivity contribution >= 4 is 18.7 Å². The van der Waals surface area contributed by atoms with Gasteiger partial charge < -0.3 is 4.90 Å². The zero-order valence-corrected chi connectivity index (χ0v) is 8.66. The van der Waals surface area contributed by atoms with Gasteiger partial charge in [-0.3, -0.25) is 9.10 Å². The van der Waals surface area contributed by atoms with E-state index >= 15 is 0 Å². The molecule has 13 heavy (non-hydrogen) atoms. The number of hydrogen-bond acceptors (Lipinski definition) is 4. The zero-order valence-electron chi connectivity index (χ0n) is 7.77. The first-order chi connectivity index (χ1) is 6.06. The number of thiol groups is 1. The summed E-state index contributed by atoms with van der Waals surface area (Å²) in [5.41, 5.74) is 0. The van der Waals surface area contributed by atoms with E-state index in [1.807, 2.05) is 0 Å². The van der Waals surface area contributed by atoms with Gasteiger partial charge in [0.25, 0.3) is 0 Å². The minimum atomic E-state index is -0.215. The molecule has 0 aromatic carbocycles. The molecule has 1 amide bonds. The molecule has 0 saturated carbocycles. The molecule has 72 valence electrons. The fraction of sp³-hybridized carbons (Fsp3) is 0.750. The van der Waals surface area contributed by atoms with Gasteiger partial charge in [-0.15, -0.1) is 0 Å². The Labute approximate surface area is 83.7 Å². The van der Waals surface area contributed by atoms with Crippen LogP contribution >= 0.6 is 12.8 Å². The summed E-state index contributed by atoms with van der Waals surface area (Å²) in [6, 6.07) is 2.14. The number of hydrogen-bond donors (Lipinski definition) is 1. The molecule has 1 fully saturated rings. The first-order valence-corrected chi connectivity index (χ1v) is 4.51. The third kappa shape index (κ3) is 2.14. The SMILES string of the molecule is CN(C)C(=O)C1CN(S)CC1C#N. The first-order valence-electron chi connectivity index (χ1n) is 4.11. The molecule has 2 unspecified atom stereocenters. The lowest BCUT2D eigenvalue weighted by atomic mass is 9.96. The molecule has 0 aliphatic carbocycles. The van der Waals surface area contributed by atoms with Crippen LogP contribution in [0.15, 0.2) is 0 Å². The molecule has 0 aromatic heterocycles.